The lowest BCUT2D eigenvalue weighted by Crippen LogP contribution is -2.48. The molecule has 2 heterocycles. The molecule has 0 radical (unpaired) electrons. The van der Waals surface area contributed by atoms with Crippen LogP contribution in [0.1, 0.15) is 64.2 Å². The Hall–Kier alpha value is -0.120. The summed E-state index contributed by atoms with van der Waals surface area (Å²) in [5.41, 5.74) is 6.41. The first kappa shape index (κ1) is 15.8. The fourth-order valence-corrected chi connectivity index (χ4v) is 4.72. The fraction of sp³-hybridized carbons (Fsp3) is 1.00. The van der Waals surface area contributed by atoms with Crippen molar-refractivity contribution in [2.45, 2.75) is 76.3 Å². The molecule has 0 spiro atoms. The molecular weight excluding hydrogens is 258 g/mol. The molecule has 2 aliphatic heterocycles. The maximum atomic E-state index is 6.41. The quantitative estimate of drug-likeness (QED) is 0.812. The first-order valence-corrected chi connectivity index (χ1v) is 9.55. The lowest BCUT2D eigenvalue weighted by Gasteiger charge is -2.41. The summed E-state index contributed by atoms with van der Waals surface area (Å²) in [6.07, 6.45) is 13.9. The lowest BCUT2D eigenvalue weighted by molar-refractivity contribution is 0.0821. The van der Waals surface area contributed by atoms with Crippen molar-refractivity contribution in [1.29, 1.82) is 0 Å². The van der Waals surface area contributed by atoms with E-state index in [9.17, 15) is 0 Å². The van der Waals surface area contributed by atoms with Crippen LogP contribution in [0.25, 0.3) is 0 Å². The predicted molar refractivity (Wildman–Crippen MR) is 89.4 cm³/mol. The van der Waals surface area contributed by atoms with E-state index in [4.69, 9.17) is 5.73 Å². The zero-order valence-corrected chi connectivity index (χ0v) is 13.8. The van der Waals surface area contributed by atoms with Gasteiger partial charge in [0.2, 0.25) is 0 Å². The molecular formula is C18H35N3. The van der Waals surface area contributed by atoms with Gasteiger partial charge in [0.1, 0.15) is 0 Å². The van der Waals surface area contributed by atoms with Crippen LogP contribution in [0.4, 0.5) is 0 Å². The van der Waals surface area contributed by atoms with Gasteiger partial charge in [0.15, 0.2) is 0 Å². The van der Waals surface area contributed by atoms with Crippen LogP contribution in [0.5, 0.6) is 0 Å². The normalized spacial score (nSPS) is 34.7. The van der Waals surface area contributed by atoms with Gasteiger partial charge in [-0.1, -0.05) is 25.7 Å². The van der Waals surface area contributed by atoms with Crippen molar-refractivity contribution >= 4 is 0 Å². The Bertz CT molecular complexity index is 293. The van der Waals surface area contributed by atoms with Gasteiger partial charge >= 0.3 is 0 Å². The van der Waals surface area contributed by atoms with Crippen LogP contribution < -0.4 is 5.73 Å². The van der Waals surface area contributed by atoms with Crippen molar-refractivity contribution in [1.82, 2.24) is 9.80 Å². The largest absolute Gasteiger partial charge is 0.327 e. The van der Waals surface area contributed by atoms with E-state index in [-0.39, 0.29) is 0 Å². The summed E-state index contributed by atoms with van der Waals surface area (Å²) in [7, 11) is 0. The van der Waals surface area contributed by atoms with Gasteiger partial charge in [0, 0.05) is 18.6 Å². The summed E-state index contributed by atoms with van der Waals surface area (Å²) in [5, 5.41) is 0. The van der Waals surface area contributed by atoms with E-state index in [0.29, 0.717) is 6.04 Å². The first-order chi connectivity index (χ1) is 10.3. The number of nitrogens with zero attached hydrogens (tertiary/aromatic N) is 2. The Balaban J connectivity index is 1.42. The van der Waals surface area contributed by atoms with Gasteiger partial charge in [-0.3, -0.25) is 0 Å². The minimum absolute atomic E-state index is 0.465. The van der Waals surface area contributed by atoms with E-state index in [1.165, 1.54) is 96.9 Å². The van der Waals surface area contributed by atoms with Crippen molar-refractivity contribution in [3.8, 4) is 0 Å². The monoisotopic (exact) mass is 293 g/mol. The molecule has 0 aromatic heterocycles. The highest BCUT2D eigenvalue weighted by atomic mass is 15.2. The SMILES string of the molecule is NC1CCCCCC1CN1CCC(N2CCCCC2)CC1. The molecule has 3 heteroatoms. The molecule has 122 valence electrons. The Labute approximate surface area is 131 Å². The van der Waals surface area contributed by atoms with Crippen molar-refractivity contribution in [3.05, 3.63) is 0 Å². The molecule has 2 saturated heterocycles. The van der Waals surface area contributed by atoms with Crippen LogP contribution in [-0.4, -0.2) is 54.6 Å². The molecule has 0 aromatic rings. The Kier molecular flexibility index (Phi) is 5.96. The van der Waals surface area contributed by atoms with Crippen molar-refractivity contribution in [2.24, 2.45) is 11.7 Å². The number of likely N-dealkylation sites (tertiary alicyclic amines) is 2. The topological polar surface area (TPSA) is 32.5 Å². The summed E-state index contributed by atoms with van der Waals surface area (Å²) < 4.78 is 0. The molecule has 0 amide bonds. The molecule has 3 rings (SSSR count). The Morgan fingerprint density at radius 1 is 0.714 bits per heavy atom. The molecule has 2 unspecified atom stereocenters. The zero-order valence-electron chi connectivity index (χ0n) is 13.8. The number of hydrogen-bond acceptors (Lipinski definition) is 3. The number of rotatable bonds is 3. The van der Waals surface area contributed by atoms with E-state index >= 15 is 0 Å². The molecule has 1 aliphatic carbocycles. The third-order valence-electron chi connectivity index (χ3n) is 6.17. The number of hydrogen-bond donors (Lipinski definition) is 1. The molecule has 0 bridgehead atoms. The second kappa shape index (κ2) is 7.94. The smallest absolute Gasteiger partial charge is 0.0120 e. The third kappa shape index (κ3) is 4.43. The average molecular weight is 293 g/mol. The van der Waals surface area contributed by atoms with Crippen LogP contribution >= 0.6 is 0 Å². The molecule has 21 heavy (non-hydrogen) atoms. The van der Waals surface area contributed by atoms with Crippen molar-refractivity contribution in [3.63, 3.8) is 0 Å². The zero-order chi connectivity index (χ0) is 14.5. The van der Waals surface area contributed by atoms with E-state index in [2.05, 4.69) is 9.80 Å². The second-order valence-corrected chi connectivity index (χ2v) is 7.69. The summed E-state index contributed by atoms with van der Waals surface area (Å²) in [5.74, 6) is 0.763. The molecule has 3 aliphatic rings. The summed E-state index contributed by atoms with van der Waals surface area (Å²) in [4.78, 5) is 5.49. The minimum Gasteiger partial charge on any atom is -0.327 e. The average Bonchev–Trinajstić information content (AvgIpc) is 2.74. The number of nitrogens with two attached hydrogens (primary N) is 1. The fourth-order valence-electron chi connectivity index (χ4n) is 4.72. The Morgan fingerprint density at radius 3 is 2.14 bits per heavy atom. The van der Waals surface area contributed by atoms with Gasteiger partial charge in [-0.15, -0.1) is 0 Å². The molecule has 3 nitrogen and oxygen atoms in total. The third-order valence-corrected chi connectivity index (χ3v) is 6.17. The maximum absolute atomic E-state index is 6.41. The van der Waals surface area contributed by atoms with Gasteiger partial charge in [0.25, 0.3) is 0 Å². The molecule has 3 fully saturated rings. The lowest BCUT2D eigenvalue weighted by atomic mass is 9.93. The molecule has 2 N–H and O–H groups in total. The molecule has 1 saturated carbocycles. The van der Waals surface area contributed by atoms with Gasteiger partial charge in [0.05, 0.1) is 0 Å². The minimum atomic E-state index is 0.465. The van der Waals surface area contributed by atoms with Crippen LogP contribution in [-0.2, 0) is 0 Å². The molecule has 0 aromatic carbocycles. The summed E-state index contributed by atoms with van der Waals surface area (Å²) in [6, 6.07) is 1.34. The standard InChI is InChI=1S/C18H35N3/c19-18-8-4-1-3-7-16(18)15-20-13-9-17(10-14-20)21-11-5-2-6-12-21/h16-18H,1-15,19H2. The summed E-state index contributed by atoms with van der Waals surface area (Å²) in [6.45, 7) is 6.61. The van der Waals surface area contributed by atoms with E-state index < -0.39 is 0 Å². The highest BCUT2D eigenvalue weighted by Gasteiger charge is 2.28. The van der Waals surface area contributed by atoms with E-state index in [0.717, 1.165) is 12.0 Å². The van der Waals surface area contributed by atoms with E-state index in [1.54, 1.807) is 0 Å². The van der Waals surface area contributed by atoms with Gasteiger partial charge in [-0.25, -0.2) is 0 Å². The van der Waals surface area contributed by atoms with Crippen molar-refractivity contribution in [2.75, 3.05) is 32.7 Å². The van der Waals surface area contributed by atoms with Crippen LogP contribution in [0, 0.1) is 5.92 Å². The van der Waals surface area contributed by atoms with Crippen LogP contribution in [0.2, 0.25) is 0 Å². The summed E-state index contributed by atoms with van der Waals surface area (Å²) >= 11 is 0. The Morgan fingerprint density at radius 2 is 1.38 bits per heavy atom. The van der Waals surface area contributed by atoms with E-state index in [1.807, 2.05) is 0 Å². The van der Waals surface area contributed by atoms with Crippen LogP contribution in [0.15, 0.2) is 0 Å². The van der Waals surface area contributed by atoms with Gasteiger partial charge < -0.3 is 15.5 Å². The maximum Gasteiger partial charge on any atom is 0.0120 e. The molecule has 2 atom stereocenters. The number of piperidine rings is 2. The van der Waals surface area contributed by atoms with Crippen molar-refractivity contribution < 1.29 is 0 Å². The highest BCUT2D eigenvalue weighted by Crippen LogP contribution is 2.26. The van der Waals surface area contributed by atoms with Gasteiger partial charge in [-0.05, 0) is 70.6 Å². The van der Waals surface area contributed by atoms with Crippen LogP contribution in [0.3, 0.4) is 0 Å². The van der Waals surface area contributed by atoms with Gasteiger partial charge in [-0.2, -0.15) is 0 Å². The highest BCUT2D eigenvalue weighted by molar-refractivity contribution is 4.85. The predicted octanol–water partition coefficient (Wildman–Crippen LogP) is 2.84. The second-order valence-electron chi connectivity index (χ2n) is 7.69. The first-order valence-electron chi connectivity index (χ1n) is 9.55.